The summed E-state index contributed by atoms with van der Waals surface area (Å²) >= 11 is 12.8. The Morgan fingerprint density at radius 2 is 2.04 bits per heavy atom. The molecule has 0 spiro atoms. The van der Waals surface area contributed by atoms with Crippen LogP contribution >= 0.6 is 35.6 Å². The van der Waals surface area contributed by atoms with Crippen molar-refractivity contribution in [3.63, 3.8) is 0 Å². The van der Waals surface area contributed by atoms with Gasteiger partial charge in [0.25, 0.3) is 0 Å². The molecule has 1 heterocycles. The van der Waals surface area contributed by atoms with Crippen molar-refractivity contribution in [2.24, 2.45) is 5.73 Å². The largest absolute Gasteiger partial charge is 0.493 e. The summed E-state index contributed by atoms with van der Waals surface area (Å²) in [6.07, 6.45) is 0.302. The summed E-state index contributed by atoms with van der Waals surface area (Å²) in [5, 5.41) is 2.90. The third kappa shape index (κ3) is 4.15. The average Bonchev–Trinajstić information content (AvgIpc) is 2.77. The van der Waals surface area contributed by atoms with Crippen molar-refractivity contribution >= 4 is 52.2 Å². The molecule has 0 saturated carbocycles. The molecule has 1 aliphatic heterocycles. The van der Waals surface area contributed by atoms with Crippen molar-refractivity contribution in [2.75, 3.05) is 19.5 Å². The molecular formula is C19H19ClN2O3S2. The van der Waals surface area contributed by atoms with E-state index < -0.39 is 5.25 Å². The van der Waals surface area contributed by atoms with E-state index in [2.05, 4.69) is 5.32 Å². The number of carbonyl (C=O) groups excluding carboxylic acids is 1. The monoisotopic (exact) mass is 422 g/mol. The number of halogens is 1. The Hall–Kier alpha value is -1.96. The molecule has 0 aliphatic carbocycles. The number of para-hydroxylation sites is 1. The van der Waals surface area contributed by atoms with Crippen molar-refractivity contribution in [3.8, 4) is 11.5 Å². The van der Waals surface area contributed by atoms with E-state index in [0.29, 0.717) is 33.6 Å². The van der Waals surface area contributed by atoms with Crippen LogP contribution in [0.4, 0.5) is 5.69 Å². The second-order valence-corrected chi connectivity index (χ2v) is 8.25. The topological polar surface area (TPSA) is 73.6 Å². The lowest BCUT2D eigenvalue weighted by Gasteiger charge is -2.23. The number of thioether (sulfide) groups is 1. The van der Waals surface area contributed by atoms with E-state index in [-0.39, 0.29) is 11.2 Å². The number of carbonyl (C=O) groups is 1. The SMILES string of the molecule is COc1cccc(C2SC(CC(N)=S)C(=O)Nc3ccc(Cl)cc32)c1OC. The van der Waals surface area contributed by atoms with Gasteiger partial charge in [0.05, 0.1) is 29.7 Å². The molecule has 2 aromatic rings. The van der Waals surface area contributed by atoms with Crippen LogP contribution in [0, 0.1) is 0 Å². The standard InChI is InChI=1S/C19H19ClN2O3S2/c1-24-14-5-3-4-11(17(14)25-2)18-12-8-10(20)6-7-13(12)22-19(23)15(27-18)9-16(21)26/h3-8,15,18H,9H2,1-2H3,(H2,21,26)(H,22,23). The van der Waals surface area contributed by atoms with Gasteiger partial charge in [-0.15, -0.1) is 11.8 Å². The molecule has 142 valence electrons. The van der Waals surface area contributed by atoms with Crippen LogP contribution in [0.5, 0.6) is 11.5 Å². The molecule has 0 aromatic heterocycles. The van der Waals surface area contributed by atoms with Gasteiger partial charge in [-0.3, -0.25) is 4.79 Å². The van der Waals surface area contributed by atoms with E-state index in [9.17, 15) is 4.79 Å². The molecule has 0 fully saturated rings. The molecule has 5 nitrogen and oxygen atoms in total. The maximum atomic E-state index is 12.7. The van der Waals surface area contributed by atoms with Crippen LogP contribution in [0.25, 0.3) is 0 Å². The zero-order valence-corrected chi connectivity index (χ0v) is 17.2. The van der Waals surface area contributed by atoms with Gasteiger partial charge in [-0.25, -0.2) is 0 Å². The van der Waals surface area contributed by atoms with Crippen LogP contribution in [-0.4, -0.2) is 30.4 Å². The van der Waals surface area contributed by atoms with Gasteiger partial charge in [-0.05, 0) is 29.8 Å². The van der Waals surface area contributed by atoms with E-state index in [1.165, 1.54) is 11.8 Å². The first kappa shape index (κ1) is 19.8. The average molecular weight is 423 g/mol. The molecule has 27 heavy (non-hydrogen) atoms. The molecule has 3 rings (SSSR count). The predicted molar refractivity (Wildman–Crippen MR) is 114 cm³/mol. The number of anilines is 1. The molecule has 0 radical (unpaired) electrons. The van der Waals surface area contributed by atoms with E-state index in [1.807, 2.05) is 24.3 Å². The van der Waals surface area contributed by atoms with E-state index in [0.717, 1.165) is 11.1 Å². The molecule has 2 atom stereocenters. The molecular weight excluding hydrogens is 404 g/mol. The van der Waals surface area contributed by atoms with Crippen LogP contribution in [0.1, 0.15) is 22.8 Å². The van der Waals surface area contributed by atoms with Crippen LogP contribution in [0.2, 0.25) is 5.02 Å². The normalized spacial score (nSPS) is 18.9. The zero-order valence-electron chi connectivity index (χ0n) is 14.8. The number of ether oxygens (including phenoxy) is 2. The van der Waals surface area contributed by atoms with E-state index >= 15 is 0 Å². The smallest absolute Gasteiger partial charge is 0.237 e. The Morgan fingerprint density at radius 1 is 1.26 bits per heavy atom. The Bertz CT molecular complexity index is 891. The Balaban J connectivity index is 2.18. The highest BCUT2D eigenvalue weighted by Crippen LogP contribution is 2.49. The highest BCUT2D eigenvalue weighted by molar-refractivity contribution is 8.01. The second-order valence-electron chi connectivity index (χ2n) is 5.98. The fraction of sp³-hybridized carbons (Fsp3) is 0.263. The number of benzene rings is 2. The Labute approximate surface area is 172 Å². The fourth-order valence-electron chi connectivity index (χ4n) is 3.06. The maximum Gasteiger partial charge on any atom is 0.237 e. The minimum Gasteiger partial charge on any atom is -0.493 e. The number of methoxy groups -OCH3 is 2. The number of hydrogen-bond donors (Lipinski definition) is 2. The summed E-state index contributed by atoms with van der Waals surface area (Å²) in [5.74, 6) is 1.10. The molecule has 8 heteroatoms. The molecule has 2 unspecified atom stereocenters. The number of thiocarbonyl (C=S) groups is 1. The molecule has 0 bridgehead atoms. The molecule has 3 N–H and O–H groups in total. The molecule has 1 aliphatic rings. The Morgan fingerprint density at radius 3 is 2.70 bits per heavy atom. The lowest BCUT2D eigenvalue weighted by molar-refractivity contribution is -0.115. The third-order valence-corrected chi connectivity index (χ3v) is 6.14. The van der Waals surface area contributed by atoms with Crippen LogP contribution in [0.3, 0.4) is 0 Å². The lowest BCUT2D eigenvalue weighted by Crippen LogP contribution is -2.28. The summed E-state index contributed by atoms with van der Waals surface area (Å²) in [6.45, 7) is 0. The van der Waals surface area contributed by atoms with Crippen molar-refractivity contribution in [1.82, 2.24) is 0 Å². The van der Waals surface area contributed by atoms with Gasteiger partial charge < -0.3 is 20.5 Å². The van der Waals surface area contributed by atoms with Crippen molar-refractivity contribution in [1.29, 1.82) is 0 Å². The first-order valence-corrected chi connectivity index (χ1v) is 9.92. The summed E-state index contributed by atoms with van der Waals surface area (Å²) in [6, 6.07) is 11.1. The van der Waals surface area contributed by atoms with Gasteiger partial charge in [0.2, 0.25) is 5.91 Å². The summed E-state index contributed by atoms with van der Waals surface area (Å²) < 4.78 is 11.1. The summed E-state index contributed by atoms with van der Waals surface area (Å²) in [4.78, 5) is 13.0. The van der Waals surface area contributed by atoms with E-state index in [4.69, 9.17) is 39.0 Å². The number of amides is 1. The van der Waals surface area contributed by atoms with Gasteiger partial charge >= 0.3 is 0 Å². The van der Waals surface area contributed by atoms with Gasteiger partial charge in [0, 0.05) is 22.7 Å². The first-order chi connectivity index (χ1) is 12.9. The quantitative estimate of drug-likeness (QED) is 0.704. The van der Waals surface area contributed by atoms with E-state index in [1.54, 1.807) is 26.4 Å². The number of rotatable bonds is 5. The molecule has 2 aromatic carbocycles. The minimum atomic E-state index is -0.436. The minimum absolute atomic E-state index is 0.138. The number of fused-ring (bicyclic) bond motifs is 1. The Kier molecular flexibility index (Phi) is 6.14. The van der Waals surface area contributed by atoms with Crippen LogP contribution < -0.4 is 20.5 Å². The fourth-order valence-corrected chi connectivity index (χ4v) is 4.97. The van der Waals surface area contributed by atoms with Gasteiger partial charge in [-0.1, -0.05) is 36.0 Å². The first-order valence-electron chi connectivity index (χ1n) is 8.19. The van der Waals surface area contributed by atoms with Crippen molar-refractivity contribution in [2.45, 2.75) is 16.9 Å². The van der Waals surface area contributed by atoms with Gasteiger partial charge in [0.15, 0.2) is 11.5 Å². The molecule has 1 amide bonds. The second kappa shape index (κ2) is 8.37. The number of nitrogens with two attached hydrogens (primary N) is 1. The lowest BCUT2D eigenvalue weighted by atomic mass is 10.0. The zero-order chi connectivity index (χ0) is 19.6. The predicted octanol–water partition coefficient (Wildman–Crippen LogP) is 4.18. The van der Waals surface area contributed by atoms with Crippen LogP contribution in [0.15, 0.2) is 36.4 Å². The third-order valence-electron chi connectivity index (χ3n) is 4.25. The summed E-state index contributed by atoms with van der Waals surface area (Å²) in [5.41, 5.74) is 8.20. The van der Waals surface area contributed by atoms with Gasteiger partial charge in [0.1, 0.15) is 0 Å². The highest BCUT2D eigenvalue weighted by atomic mass is 35.5. The van der Waals surface area contributed by atoms with Crippen LogP contribution in [-0.2, 0) is 4.79 Å². The number of hydrogen-bond acceptors (Lipinski definition) is 5. The van der Waals surface area contributed by atoms with Gasteiger partial charge in [-0.2, -0.15) is 0 Å². The maximum absolute atomic E-state index is 12.7. The van der Waals surface area contributed by atoms with Crippen molar-refractivity contribution in [3.05, 3.63) is 52.5 Å². The molecule has 0 saturated heterocycles. The number of nitrogens with one attached hydrogen (secondary N) is 1. The highest BCUT2D eigenvalue weighted by Gasteiger charge is 2.34. The van der Waals surface area contributed by atoms with Crippen molar-refractivity contribution < 1.29 is 14.3 Å². The summed E-state index contributed by atoms with van der Waals surface area (Å²) in [7, 11) is 3.19.